The van der Waals surface area contributed by atoms with Crippen molar-refractivity contribution in [3.8, 4) is 11.1 Å². The molecule has 2 aromatic rings. The number of nitrogens with two attached hydrogens (primary N) is 2. The van der Waals surface area contributed by atoms with E-state index in [1.54, 1.807) is 22.3 Å². The molecule has 2 heteroatoms. The lowest BCUT2D eigenvalue weighted by molar-refractivity contribution is 0.667. The van der Waals surface area contributed by atoms with Crippen molar-refractivity contribution < 1.29 is 0 Å². The Morgan fingerprint density at radius 1 is 0.529 bits per heavy atom. The summed E-state index contributed by atoms with van der Waals surface area (Å²) in [6, 6.07) is 8.71. The maximum Gasteiger partial charge on any atom is 0.0627 e. The van der Waals surface area contributed by atoms with E-state index in [2.05, 4.69) is 45.9 Å². The molecule has 0 aliphatic heterocycles. The summed E-state index contributed by atoms with van der Waals surface area (Å²) in [4.78, 5) is 0. The molecule has 0 atom stereocenters. The van der Waals surface area contributed by atoms with Crippen LogP contribution in [0.5, 0.6) is 0 Å². The molecular weight excluding hydrogens is 412 g/mol. The highest BCUT2D eigenvalue weighted by Crippen LogP contribution is 2.39. The predicted molar refractivity (Wildman–Crippen MR) is 154 cm³/mol. The standard InChI is InChI=1S/C32H52N2/c1-5-9-13-18-25-24-30(29-22-17-23-31(33)32(29)34)28(21-16-12-8-4)27(20-15-11-7-3)26(25)19-14-10-6-2/h17,22-24H,5-16,18-21,33-34H2,1-4H3. The Labute approximate surface area is 210 Å². The van der Waals surface area contributed by atoms with Crippen LogP contribution in [0.4, 0.5) is 11.4 Å². The zero-order valence-corrected chi connectivity index (χ0v) is 22.8. The summed E-state index contributed by atoms with van der Waals surface area (Å²) >= 11 is 0. The normalized spacial score (nSPS) is 11.3. The van der Waals surface area contributed by atoms with Gasteiger partial charge in [-0.2, -0.15) is 0 Å². The van der Waals surface area contributed by atoms with Gasteiger partial charge in [-0.05, 0) is 85.3 Å². The third-order valence-corrected chi connectivity index (χ3v) is 7.33. The second kappa shape index (κ2) is 15.8. The van der Waals surface area contributed by atoms with Crippen molar-refractivity contribution in [1.82, 2.24) is 0 Å². The minimum atomic E-state index is 0.698. The second-order valence-electron chi connectivity index (χ2n) is 10.2. The Morgan fingerprint density at radius 3 is 1.59 bits per heavy atom. The van der Waals surface area contributed by atoms with E-state index >= 15 is 0 Å². The Hall–Kier alpha value is -1.96. The SMILES string of the molecule is CCCCCc1cc(-c2cccc(N)c2N)c(CCCCC)c(CCCCC)c1CCCCC. The minimum absolute atomic E-state index is 0.698. The van der Waals surface area contributed by atoms with E-state index in [0.717, 1.165) is 17.7 Å². The van der Waals surface area contributed by atoms with Crippen LogP contribution in [0.15, 0.2) is 24.3 Å². The molecule has 0 radical (unpaired) electrons. The highest BCUT2D eigenvalue weighted by molar-refractivity contribution is 5.86. The van der Waals surface area contributed by atoms with Crippen molar-refractivity contribution in [3.63, 3.8) is 0 Å². The molecule has 2 nitrogen and oxygen atoms in total. The summed E-state index contributed by atoms with van der Waals surface area (Å²) in [5, 5.41) is 0. The van der Waals surface area contributed by atoms with Crippen molar-refractivity contribution in [3.05, 3.63) is 46.5 Å². The molecule has 2 aromatic carbocycles. The zero-order valence-electron chi connectivity index (χ0n) is 22.8. The number of unbranched alkanes of at least 4 members (excludes halogenated alkanes) is 8. The number of anilines is 2. The number of nitrogen functional groups attached to an aromatic ring is 2. The highest BCUT2D eigenvalue weighted by atomic mass is 14.7. The van der Waals surface area contributed by atoms with E-state index in [4.69, 9.17) is 11.5 Å². The molecule has 0 aliphatic carbocycles. The van der Waals surface area contributed by atoms with Gasteiger partial charge in [0.1, 0.15) is 0 Å². The molecule has 0 bridgehead atoms. The van der Waals surface area contributed by atoms with Crippen LogP contribution in [0.2, 0.25) is 0 Å². The molecule has 34 heavy (non-hydrogen) atoms. The molecule has 0 unspecified atom stereocenters. The third-order valence-electron chi connectivity index (χ3n) is 7.33. The van der Waals surface area contributed by atoms with Crippen molar-refractivity contribution in [2.45, 2.75) is 130 Å². The lowest BCUT2D eigenvalue weighted by Gasteiger charge is -2.24. The molecule has 4 N–H and O–H groups in total. The molecule has 0 heterocycles. The fourth-order valence-corrected chi connectivity index (χ4v) is 5.29. The largest absolute Gasteiger partial charge is 0.397 e. The fraction of sp³-hybridized carbons (Fsp3) is 0.625. The lowest BCUT2D eigenvalue weighted by atomic mass is 9.81. The Bertz CT molecular complexity index is 853. The maximum atomic E-state index is 6.59. The average molecular weight is 465 g/mol. The van der Waals surface area contributed by atoms with Gasteiger partial charge in [0.05, 0.1) is 11.4 Å². The quantitative estimate of drug-likeness (QED) is 0.181. The molecule has 0 amide bonds. The third kappa shape index (κ3) is 8.07. The molecule has 0 saturated carbocycles. The first kappa shape index (κ1) is 28.3. The smallest absolute Gasteiger partial charge is 0.0627 e. The van der Waals surface area contributed by atoms with Gasteiger partial charge in [-0.3, -0.25) is 0 Å². The topological polar surface area (TPSA) is 52.0 Å². The van der Waals surface area contributed by atoms with Gasteiger partial charge in [0, 0.05) is 5.56 Å². The van der Waals surface area contributed by atoms with Crippen LogP contribution in [0.25, 0.3) is 11.1 Å². The molecule has 0 fully saturated rings. The summed E-state index contributed by atoms with van der Waals surface area (Å²) < 4.78 is 0. The maximum absolute atomic E-state index is 6.59. The summed E-state index contributed by atoms with van der Waals surface area (Å²) in [6.45, 7) is 9.22. The van der Waals surface area contributed by atoms with Crippen LogP contribution in [0.3, 0.4) is 0 Å². The van der Waals surface area contributed by atoms with E-state index in [9.17, 15) is 0 Å². The Kier molecular flexibility index (Phi) is 13.2. The number of aryl methyl sites for hydroxylation is 1. The van der Waals surface area contributed by atoms with E-state index in [1.165, 1.54) is 102 Å². The van der Waals surface area contributed by atoms with E-state index in [1.807, 2.05) is 6.07 Å². The van der Waals surface area contributed by atoms with E-state index in [0.29, 0.717) is 5.69 Å². The summed E-state index contributed by atoms with van der Waals surface area (Å²) in [7, 11) is 0. The Morgan fingerprint density at radius 2 is 1.03 bits per heavy atom. The van der Waals surface area contributed by atoms with Gasteiger partial charge in [0.2, 0.25) is 0 Å². The summed E-state index contributed by atoms with van der Waals surface area (Å²) in [5.74, 6) is 0. The first-order valence-electron chi connectivity index (χ1n) is 14.4. The molecule has 0 aromatic heterocycles. The van der Waals surface area contributed by atoms with Gasteiger partial charge < -0.3 is 11.5 Å². The van der Waals surface area contributed by atoms with Crippen molar-refractivity contribution in [1.29, 1.82) is 0 Å². The van der Waals surface area contributed by atoms with Crippen LogP contribution in [-0.2, 0) is 25.7 Å². The molecule has 0 spiro atoms. The van der Waals surface area contributed by atoms with Gasteiger partial charge in [0.15, 0.2) is 0 Å². The molecule has 0 aliphatic rings. The van der Waals surface area contributed by atoms with E-state index < -0.39 is 0 Å². The molecule has 2 rings (SSSR count). The fourth-order valence-electron chi connectivity index (χ4n) is 5.29. The van der Waals surface area contributed by atoms with Crippen molar-refractivity contribution in [2.24, 2.45) is 0 Å². The van der Waals surface area contributed by atoms with Gasteiger partial charge in [-0.15, -0.1) is 0 Å². The van der Waals surface area contributed by atoms with Crippen LogP contribution in [0.1, 0.15) is 127 Å². The van der Waals surface area contributed by atoms with Crippen LogP contribution in [0, 0.1) is 0 Å². The van der Waals surface area contributed by atoms with Gasteiger partial charge in [-0.1, -0.05) is 97.3 Å². The summed E-state index contributed by atoms with van der Waals surface area (Å²) in [6.07, 6.45) is 20.1. The predicted octanol–water partition coefficient (Wildman–Crippen LogP) is 9.45. The molecule has 0 saturated heterocycles. The highest BCUT2D eigenvalue weighted by Gasteiger charge is 2.20. The first-order chi connectivity index (χ1) is 16.6. The molecule has 190 valence electrons. The Balaban J connectivity index is 2.71. The lowest BCUT2D eigenvalue weighted by Crippen LogP contribution is -2.10. The summed E-state index contributed by atoms with van der Waals surface area (Å²) in [5.41, 5.74) is 23.3. The molecular formula is C32H52N2. The first-order valence-corrected chi connectivity index (χ1v) is 14.4. The number of para-hydroxylation sites is 1. The van der Waals surface area contributed by atoms with Crippen LogP contribution >= 0.6 is 0 Å². The number of hydrogen-bond acceptors (Lipinski definition) is 2. The van der Waals surface area contributed by atoms with E-state index in [-0.39, 0.29) is 0 Å². The van der Waals surface area contributed by atoms with Crippen LogP contribution < -0.4 is 11.5 Å². The number of hydrogen-bond donors (Lipinski definition) is 2. The van der Waals surface area contributed by atoms with Crippen LogP contribution in [-0.4, -0.2) is 0 Å². The van der Waals surface area contributed by atoms with Gasteiger partial charge >= 0.3 is 0 Å². The zero-order chi connectivity index (χ0) is 24.8. The average Bonchev–Trinajstić information content (AvgIpc) is 2.83. The van der Waals surface area contributed by atoms with Crippen molar-refractivity contribution in [2.75, 3.05) is 11.5 Å². The number of benzene rings is 2. The van der Waals surface area contributed by atoms with Gasteiger partial charge in [0.25, 0.3) is 0 Å². The number of rotatable bonds is 17. The minimum Gasteiger partial charge on any atom is -0.397 e. The van der Waals surface area contributed by atoms with Gasteiger partial charge in [-0.25, -0.2) is 0 Å². The van der Waals surface area contributed by atoms with Crippen molar-refractivity contribution >= 4 is 11.4 Å². The monoisotopic (exact) mass is 464 g/mol. The second-order valence-corrected chi connectivity index (χ2v) is 10.2.